The van der Waals surface area contributed by atoms with Crippen LogP contribution in [0.2, 0.25) is 0 Å². The molecule has 1 aliphatic carbocycles. The minimum absolute atomic E-state index is 0.880. The van der Waals surface area contributed by atoms with E-state index in [-0.39, 0.29) is 0 Å². The third-order valence-corrected chi connectivity index (χ3v) is 4.72. The van der Waals surface area contributed by atoms with Crippen LogP contribution in [0.15, 0.2) is 0 Å². The molecule has 0 aromatic rings. The van der Waals surface area contributed by atoms with Crippen molar-refractivity contribution in [1.82, 2.24) is 10.2 Å². The zero-order chi connectivity index (χ0) is 12.1. The summed E-state index contributed by atoms with van der Waals surface area (Å²) in [5.41, 5.74) is 0. The van der Waals surface area contributed by atoms with Crippen LogP contribution in [0, 0.1) is 11.8 Å². The SMILES string of the molecule is CCN(CC1CCCNC1)C1CCCC(C)C1. The lowest BCUT2D eigenvalue weighted by atomic mass is 9.85. The van der Waals surface area contributed by atoms with Crippen LogP contribution < -0.4 is 5.32 Å². The Morgan fingerprint density at radius 2 is 2.06 bits per heavy atom. The van der Waals surface area contributed by atoms with Crippen LogP contribution in [0.4, 0.5) is 0 Å². The lowest BCUT2D eigenvalue weighted by Gasteiger charge is -2.38. The zero-order valence-corrected chi connectivity index (χ0v) is 11.8. The van der Waals surface area contributed by atoms with Crippen molar-refractivity contribution in [2.75, 3.05) is 26.2 Å². The molecule has 17 heavy (non-hydrogen) atoms. The molecule has 0 spiro atoms. The summed E-state index contributed by atoms with van der Waals surface area (Å²) in [6.07, 6.45) is 8.60. The molecule has 1 heterocycles. The van der Waals surface area contributed by atoms with Crippen LogP contribution in [0.3, 0.4) is 0 Å². The minimum Gasteiger partial charge on any atom is -0.316 e. The summed E-state index contributed by atoms with van der Waals surface area (Å²) in [6, 6.07) is 0.880. The molecule has 3 atom stereocenters. The normalized spacial score (nSPS) is 35.1. The Bertz CT molecular complexity index is 211. The van der Waals surface area contributed by atoms with Gasteiger partial charge in [0.2, 0.25) is 0 Å². The molecule has 2 rings (SSSR count). The third kappa shape index (κ3) is 3.96. The fraction of sp³-hybridized carbons (Fsp3) is 1.00. The molecule has 1 N–H and O–H groups in total. The summed E-state index contributed by atoms with van der Waals surface area (Å²) in [6.45, 7) is 9.84. The Balaban J connectivity index is 1.82. The topological polar surface area (TPSA) is 15.3 Å². The number of nitrogens with zero attached hydrogens (tertiary/aromatic N) is 1. The van der Waals surface area contributed by atoms with Gasteiger partial charge in [-0.05, 0) is 57.2 Å². The molecule has 2 nitrogen and oxygen atoms in total. The number of nitrogens with one attached hydrogen (secondary N) is 1. The van der Waals surface area contributed by atoms with Gasteiger partial charge in [-0.2, -0.15) is 0 Å². The van der Waals surface area contributed by atoms with E-state index in [2.05, 4.69) is 24.1 Å². The predicted molar refractivity (Wildman–Crippen MR) is 74.3 cm³/mol. The average molecular weight is 238 g/mol. The fourth-order valence-corrected chi connectivity index (χ4v) is 3.68. The molecule has 0 radical (unpaired) electrons. The highest BCUT2D eigenvalue weighted by molar-refractivity contribution is 4.81. The second-order valence-electron chi connectivity index (χ2n) is 6.23. The van der Waals surface area contributed by atoms with Crippen LogP contribution in [0.5, 0.6) is 0 Å². The predicted octanol–water partition coefficient (Wildman–Crippen LogP) is 2.89. The van der Waals surface area contributed by atoms with Crippen LogP contribution in [0.1, 0.15) is 52.4 Å². The molecule has 0 aromatic carbocycles. The van der Waals surface area contributed by atoms with Crippen molar-refractivity contribution in [3.63, 3.8) is 0 Å². The monoisotopic (exact) mass is 238 g/mol. The molecule has 2 aliphatic rings. The molecule has 2 heteroatoms. The molecule has 1 aliphatic heterocycles. The molecule has 2 fully saturated rings. The quantitative estimate of drug-likeness (QED) is 0.810. The molecule has 1 saturated heterocycles. The smallest absolute Gasteiger partial charge is 0.00978 e. The van der Waals surface area contributed by atoms with Gasteiger partial charge < -0.3 is 10.2 Å². The van der Waals surface area contributed by atoms with Gasteiger partial charge in [-0.3, -0.25) is 0 Å². The van der Waals surface area contributed by atoms with Crippen molar-refractivity contribution in [3.05, 3.63) is 0 Å². The third-order valence-electron chi connectivity index (χ3n) is 4.72. The van der Waals surface area contributed by atoms with Gasteiger partial charge in [0, 0.05) is 12.6 Å². The molecule has 0 bridgehead atoms. The highest BCUT2D eigenvalue weighted by Crippen LogP contribution is 2.28. The van der Waals surface area contributed by atoms with Gasteiger partial charge in [0.05, 0.1) is 0 Å². The summed E-state index contributed by atoms with van der Waals surface area (Å²) >= 11 is 0. The number of rotatable bonds is 4. The summed E-state index contributed by atoms with van der Waals surface area (Å²) in [5.74, 6) is 1.85. The van der Waals surface area contributed by atoms with Gasteiger partial charge in [-0.1, -0.05) is 26.7 Å². The Morgan fingerprint density at radius 3 is 2.71 bits per heavy atom. The maximum Gasteiger partial charge on any atom is 0.00978 e. The first-order valence-corrected chi connectivity index (χ1v) is 7.74. The van der Waals surface area contributed by atoms with Crippen molar-refractivity contribution in [2.24, 2.45) is 11.8 Å². The largest absolute Gasteiger partial charge is 0.316 e. The van der Waals surface area contributed by atoms with Crippen molar-refractivity contribution in [1.29, 1.82) is 0 Å². The van der Waals surface area contributed by atoms with Gasteiger partial charge in [0.25, 0.3) is 0 Å². The Hall–Kier alpha value is -0.0800. The number of piperidine rings is 1. The summed E-state index contributed by atoms with van der Waals surface area (Å²) < 4.78 is 0. The summed E-state index contributed by atoms with van der Waals surface area (Å²) in [4.78, 5) is 2.77. The summed E-state index contributed by atoms with van der Waals surface area (Å²) in [7, 11) is 0. The van der Waals surface area contributed by atoms with E-state index in [4.69, 9.17) is 0 Å². The van der Waals surface area contributed by atoms with Crippen molar-refractivity contribution < 1.29 is 0 Å². The first-order valence-electron chi connectivity index (χ1n) is 7.74. The lowest BCUT2D eigenvalue weighted by Crippen LogP contribution is -2.44. The molecule has 0 amide bonds. The van der Waals surface area contributed by atoms with Gasteiger partial charge >= 0.3 is 0 Å². The van der Waals surface area contributed by atoms with Gasteiger partial charge in [0.15, 0.2) is 0 Å². The standard InChI is InChI=1S/C15H30N2/c1-3-17(12-14-7-5-9-16-11-14)15-8-4-6-13(2)10-15/h13-16H,3-12H2,1-2H3. The lowest BCUT2D eigenvalue weighted by molar-refractivity contribution is 0.114. The Kier molecular flexibility index (Phi) is 5.30. The van der Waals surface area contributed by atoms with Crippen molar-refractivity contribution in [3.8, 4) is 0 Å². The Morgan fingerprint density at radius 1 is 1.18 bits per heavy atom. The van der Waals surface area contributed by atoms with E-state index in [1.54, 1.807) is 0 Å². The van der Waals surface area contributed by atoms with Gasteiger partial charge in [-0.25, -0.2) is 0 Å². The van der Waals surface area contributed by atoms with Gasteiger partial charge in [0.1, 0.15) is 0 Å². The molecule has 0 aromatic heterocycles. The van der Waals surface area contributed by atoms with Crippen LogP contribution >= 0.6 is 0 Å². The van der Waals surface area contributed by atoms with E-state index in [0.717, 1.165) is 17.9 Å². The Labute approximate surface area is 107 Å². The highest BCUT2D eigenvalue weighted by Gasteiger charge is 2.26. The molecular weight excluding hydrogens is 208 g/mol. The molecule has 3 unspecified atom stereocenters. The van der Waals surface area contributed by atoms with E-state index in [1.165, 1.54) is 64.7 Å². The highest BCUT2D eigenvalue weighted by atomic mass is 15.2. The van der Waals surface area contributed by atoms with E-state index < -0.39 is 0 Å². The second-order valence-corrected chi connectivity index (χ2v) is 6.23. The zero-order valence-electron chi connectivity index (χ0n) is 11.8. The molecule has 1 saturated carbocycles. The van der Waals surface area contributed by atoms with E-state index in [9.17, 15) is 0 Å². The van der Waals surface area contributed by atoms with E-state index >= 15 is 0 Å². The van der Waals surface area contributed by atoms with Crippen LogP contribution in [-0.4, -0.2) is 37.1 Å². The molecular formula is C15H30N2. The average Bonchev–Trinajstić information content (AvgIpc) is 2.37. The van der Waals surface area contributed by atoms with Crippen LogP contribution in [0.25, 0.3) is 0 Å². The molecule has 100 valence electrons. The number of hydrogen-bond donors (Lipinski definition) is 1. The van der Waals surface area contributed by atoms with Crippen LogP contribution in [-0.2, 0) is 0 Å². The van der Waals surface area contributed by atoms with E-state index in [0.29, 0.717) is 0 Å². The second kappa shape index (κ2) is 6.75. The number of hydrogen-bond acceptors (Lipinski definition) is 2. The maximum atomic E-state index is 3.55. The maximum absolute atomic E-state index is 3.55. The fourth-order valence-electron chi connectivity index (χ4n) is 3.68. The van der Waals surface area contributed by atoms with E-state index in [1.807, 2.05) is 0 Å². The first-order chi connectivity index (χ1) is 8.29. The van der Waals surface area contributed by atoms with Crippen molar-refractivity contribution >= 4 is 0 Å². The van der Waals surface area contributed by atoms with Crippen molar-refractivity contribution in [2.45, 2.75) is 58.4 Å². The first kappa shape index (κ1) is 13.4. The minimum atomic E-state index is 0.880. The van der Waals surface area contributed by atoms with Gasteiger partial charge in [-0.15, -0.1) is 0 Å². The summed E-state index contributed by atoms with van der Waals surface area (Å²) in [5, 5.41) is 3.55.